The monoisotopic (exact) mass is 381 g/mol. The molecule has 4 N–H and O–H groups in total. The number of carbonyl (C=O) groups is 1. The van der Waals surface area contributed by atoms with Crippen LogP contribution in [0.1, 0.15) is 23.7 Å². The average molecular weight is 381 g/mol. The Bertz CT molecular complexity index is 1190. The molecular formula is C25H23N3O. The molecule has 0 saturated carbocycles. The number of hydrogen-bond acceptors (Lipinski definition) is 2. The van der Waals surface area contributed by atoms with Gasteiger partial charge >= 0.3 is 0 Å². The van der Waals surface area contributed by atoms with Crippen molar-refractivity contribution < 1.29 is 4.79 Å². The molecule has 4 heteroatoms. The van der Waals surface area contributed by atoms with Gasteiger partial charge in [0.1, 0.15) is 0 Å². The van der Waals surface area contributed by atoms with Crippen molar-refractivity contribution in [2.75, 3.05) is 0 Å². The molecule has 144 valence electrons. The zero-order chi connectivity index (χ0) is 20.0. The third-order valence-electron chi connectivity index (χ3n) is 6.10. The highest BCUT2D eigenvalue weighted by Gasteiger charge is 2.41. The second-order valence-corrected chi connectivity index (χ2v) is 7.90. The number of aromatic nitrogens is 1. The topological polar surface area (TPSA) is 70.9 Å². The lowest BCUT2D eigenvalue weighted by molar-refractivity contribution is -0.120. The van der Waals surface area contributed by atoms with E-state index in [0.29, 0.717) is 6.42 Å². The predicted molar refractivity (Wildman–Crippen MR) is 116 cm³/mol. The SMILES string of the molecule is C[C@@]1(c2ccc(-c3ccccc3)cc2)N[C@@H](C(N)=O)Cc2c1[nH]c1ccccc21. The summed E-state index contributed by atoms with van der Waals surface area (Å²) in [5.41, 5.74) is 12.0. The third kappa shape index (κ3) is 2.84. The molecular weight excluding hydrogens is 358 g/mol. The van der Waals surface area contributed by atoms with E-state index in [0.717, 1.165) is 33.3 Å². The normalized spacial score (nSPS) is 21.1. The maximum atomic E-state index is 12.1. The van der Waals surface area contributed by atoms with Crippen molar-refractivity contribution >= 4 is 16.8 Å². The van der Waals surface area contributed by atoms with E-state index in [1.807, 2.05) is 30.3 Å². The summed E-state index contributed by atoms with van der Waals surface area (Å²) in [6.45, 7) is 2.12. The molecule has 0 fully saturated rings. The molecule has 4 nitrogen and oxygen atoms in total. The fourth-order valence-corrected chi connectivity index (χ4v) is 4.54. The summed E-state index contributed by atoms with van der Waals surface area (Å²) in [4.78, 5) is 15.7. The Morgan fingerprint density at radius 2 is 1.59 bits per heavy atom. The molecule has 0 bridgehead atoms. The van der Waals surface area contributed by atoms with Crippen LogP contribution in [0.25, 0.3) is 22.0 Å². The van der Waals surface area contributed by atoms with E-state index < -0.39 is 11.6 Å². The molecule has 3 aromatic carbocycles. The summed E-state index contributed by atoms with van der Waals surface area (Å²) in [5, 5.41) is 4.67. The smallest absolute Gasteiger partial charge is 0.234 e. The Morgan fingerprint density at radius 1 is 0.931 bits per heavy atom. The van der Waals surface area contributed by atoms with Crippen LogP contribution in [0.4, 0.5) is 0 Å². The van der Waals surface area contributed by atoms with Crippen molar-refractivity contribution in [3.63, 3.8) is 0 Å². The van der Waals surface area contributed by atoms with Crippen LogP contribution in [0.3, 0.4) is 0 Å². The first kappa shape index (κ1) is 17.7. The number of primary amides is 1. The van der Waals surface area contributed by atoms with Crippen LogP contribution in [0, 0.1) is 0 Å². The molecule has 1 aliphatic heterocycles. The second-order valence-electron chi connectivity index (χ2n) is 7.90. The van der Waals surface area contributed by atoms with Crippen LogP contribution < -0.4 is 11.1 Å². The van der Waals surface area contributed by atoms with Crippen molar-refractivity contribution in [1.29, 1.82) is 0 Å². The van der Waals surface area contributed by atoms with Gasteiger partial charge in [-0.15, -0.1) is 0 Å². The molecule has 0 spiro atoms. The van der Waals surface area contributed by atoms with Crippen molar-refractivity contribution in [3.05, 3.63) is 95.7 Å². The molecule has 2 atom stereocenters. The minimum absolute atomic E-state index is 0.326. The van der Waals surface area contributed by atoms with E-state index >= 15 is 0 Å². The second kappa shape index (κ2) is 6.61. The van der Waals surface area contributed by atoms with E-state index in [1.54, 1.807) is 0 Å². The van der Waals surface area contributed by atoms with E-state index in [9.17, 15) is 4.79 Å². The van der Waals surface area contributed by atoms with Crippen LogP contribution in [-0.2, 0) is 16.8 Å². The Balaban J connectivity index is 1.64. The third-order valence-corrected chi connectivity index (χ3v) is 6.10. The summed E-state index contributed by atoms with van der Waals surface area (Å²) < 4.78 is 0. The highest BCUT2D eigenvalue weighted by atomic mass is 16.1. The van der Waals surface area contributed by atoms with Gasteiger partial charge in [-0.25, -0.2) is 0 Å². The number of aromatic amines is 1. The number of benzene rings is 3. The summed E-state index contributed by atoms with van der Waals surface area (Å²) in [6.07, 6.45) is 0.590. The Hall–Kier alpha value is -3.37. The highest BCUT2D eigenvalue weighted by molar-refractivity contribution is 5.88. The number of amides is 1. The zero-order valence-electron chi connectivity index (χ0n) is 16.3. The maximum Gasteiger partial charge on any atom is 0.234 e. The number of H-pyrrole nitrogens is 1. The molecule has 0 aliphatic carbocycles. The maximum absolute atomic E-state index is 12.1. The molecule has 0 saturated heterocycles. The van der Waals surface area contributed by atoms with Crippen molar-refractivity contribution in [2.45, 2.75) is 24.9 Å². The van der Waals surface area contributed by atoms with Gasteiger partial charge in [0.2, 0.25) is 5.91 Å². The van der Waals surface area contributed by atoms with E-state index in [2.05, 4.69) is 65.8 Å². The minimum atomic E-state index is -0.540. The lowest BCUT2D eigenvalue weighted by atomic mass is 9.79. The van der Waals surface area contributed by atoms with E-state index in [4.69, 9.17) is 5.73 Å². The molecule has 5 rings (SSSR count). The van der Waals surface area contributed by atoms with Gasteiger partial charge in [-0.2, -0.15) is 0 Å². The van der Waals surface area contributed by atoms with Crippen LogP contribution in [-0.4, -0.2) is 16.9 Å². The first-order chi connectivity index (χ1) is 14.1. The van der Waals surface area contributed by atoms with Gasteiger partial charge < -0.3 is 10.7 Å². The summed E-state index contributed by atoms with van der Waals surface area (Å²) >= 11 is 0. The van der Waals surface area contributed by atoms with Crippen molar-refractivity contribution in [2.24, 2.45) is 5.73 Å². The van der Waals surface area contributed by atoms with Crippen molar-refractivity contribution in [3.8, 4) is 11.1 Å². The van der Waals surface area contributed by atoms with E-state index in [1.165, 1.54) is 5.56 Å². The lowest BCUT2D eigenvalue weighted by Gasteiger charge is -2.39. The largest absolute Gasteiger partial charge is 0.368 e. The van der Waals surface area contributed by atoms with Gasteiger partial charge in [-0.1, -0.05) is 72.8 Å². The van der Waals surface area contributed by atoms with Crippen LogP contribution in [0.15, 0.2) is 78.9 Å². The molecule has 0 radical (unpaired) electrons. The summed E-state index contributed by atoms with van der Waals surface area (Å²) in [6, 6.07) is 26.7. The number of carbonyl (C=O) groups excluding carboxylic acids is 1. The Kier molecular flexibility index (Phi) is 4.03. The van der Waals surface area contributed by atoms with Gasteiger partial charge in [0.15, 0.2) is 0 Å². The van der Waals surface area contributed by atoms with Gasteiger partial charge in [0.25, 0.3) is 0 Å². The molecule has 29 heavy (non-hydrogen) atoms. The predicted octanol–water partition coefficient (Wildman–Crippen LogP) is 4.10. The summed E-state index contributed by atoms with van der Waals surface area (Å²) in [7, 11) is 0. The van der Waals surface area contributed by atoms with Crippen LogP contribution in [0.2, 0.25) is 0 Å². The fraction of sp³-hybridized carbons (Fsp3) is 0.160. The van der Waals surface area contributed by atoms with Crippen LogP contribution in [0.5, 0.6) is 0 Å². The highest BCUT2D eigenvalue weighted by Crippen LogP contribution is 2.39. The number of rotatable bonds is 3. The molecule has 2 heterocycles. The number of nitrogens with one attached hydrogen (secondary N) is 2. The Labute approximate surface area is 169 Å². The molecule has 1 aliphatic rings. The lowest BCUT2D eigenvalue weighted by Crippen LogP contribution is -2.56. The summed E-state index contributed by atoms with van der Waals surface area (Å²) in [5.74, 6) is -0.326. The molecule has 4 aromatic rings. The number of hydrogen-bond donors (Lipinski definition) is 3. The Morgan fingerprint density at radius 3 is 2.31 bits per heavy atom. The first-order valence-electron chi connectivity index (χ1n) is 9.89. The van der Waals surface area contributed by atoms with Gasteiger partial charge in [0, 0.05) is 16.6 Å². The number of para-hydroxylation sites is 1. The quantitative estimate of drug-likeness (QED) is 0.500. The number of nitrogens with two attached hydrogens (primary N) is 1. The standard InChI is InChI=1S/C25H23N3O/c1-25(18-13-11-17(12-14-18)16-7-3-2-4-8-16)23-20(15-22(28-25)24(26)29)19-9-5-6-10-21(19)27-23/h2-14,22,27-28H,15H2,1H3,(H2,26,29)/t22-,25+/m1/s1. The van der Waals surface area contributed by atoms with Gasteiger partial charge in [-0.05, 0) is 41.7 Å². The molecule has 1 amide bonds. The molecule has 1 aromatic heterocycles. The zero-order valence-corrected chi connectivity index (χ0v) is 16.3. The fourth-order valence-electron chi connectivity index (χ4n) is 4.54. The minimum Gasteiger partial charge on any atom is -0.368 e. The first-order valence-corrected chi connectivity index (χ1v) is 9.89. The average Bonchev–Trinajstić information content (AvgIpc) is 3.14. The molecule has 0 unspecified atom stereocenters. The van der Waals surface area contributed by atoms with Crippen molar-refractivity contribution in [1.82, 2.24) is 10.3 Å². The van der Waals surface area contributed by atoms with E-state index in [-0.39, 0.29) is 5.91 Å². The van der Waals surface area contributed by atoms with Gasteiger partial charge in [0.05, 0.1) is 11.6 Å². The van der Waals surface area contributed by atoms with Gasteiger partial charge in [-0.3, -0.25) is 10.1 Å². The van der Waals surface area contributed by atoms with Crippen LogP contribution >= 0.6 is 0 Å². The number of fused-ring (bicyclic) bond motifs is 3.